The minimum atomic E-state index is 0.0588. The predicted octanol–water partition coefficient (Wildman–Crippen LogP) is 2.17. The van der Waals surface area contributed by atoms with Crippen molar-refractivity contribution in [3.8, 4) is 0 Å². The third-order valence-electron chi connectivity index (χ3n) is 3.76. The van der Waals surface area contributed by atoms with Crippen molar-refractivity contribution in [2.24, 2.45) is 0 Å². The first kappa shape index (κ1) is 16.4. The van der Waals surface area contributed by atoms with Crippen molar-refractivity contribution in [2.75, 3.05) is 41.9 Å². The second-order valence-corrected chi connectivity index (χ2v) is 6.38. The molecular formula is C15H26N4OS. The Bertz CT molecular complexity index is 438. The number of aryl methyl sites for hydroxylation is 1. The molecule has 2 N–H and O–H groups in total. The molecule has 0 bridgehead atoms. The second kappa shape index (κ2) is 8.44. The molecule has 2 rings (SSSR count). The first-order chi connectivity index (χ1) is 10.3. The summed E-state index contributed by atoms with van der Waals surface area (Å²) in [5.41, 5.74) is 1.05. The Morgan fingerprint density at radius 2 is 2.14 bits per heavy atom. The van der Waals surface area contributed by atoms with Gasteiger partial charge in [-0.05, 0) is 37.7 Å². The smallest absolute Gasteiger partial charge is 0.227 e. The van der Waals surface area contributed by atoms with Crippen molar-refractivity contribution < 1.29 is 5.11 Å². The van der Waals surface area contributed by atoms with E-state index in [0.717, 1.165) is 49.1 Å². The van der Waals surface area contributed by atoms with Crippen LogP contribution in [0.5, 0.6) is 0 Å². The van der Waals surface area contributed by atoms with Gasteiger partial charge in [-0.2, -0.15) is 16.7 Å². The molecule has 1 aliphatic rings. The first-order valence-corrected chi connectivity index (χ1v) is 9.15. The minimum absolute atomic E-state index is 0.0588. The fraction of sp³-hybridized carbons (Fsp3) is 0.733. The lowest BCUT2D eigenvalue weighted by molar-refractivity contribution is 0.272. The van der Waals surface area contributed by atoms with Gasteiger partial charge in [-0.3, -0.25) is 0 Å². The normalized spacial score (nSPS) is 16.2. The molecular weight excluding hydrogens is 284 g/mol. The van der Waals surface area contributed by atoms with E-state index in [0.29, 0.717) is 0 Å². The highest BCUT2D eigenvalue weighted by Gasteiger charge is 2.17. The Kier molecular flexibility index (Phi) is 6.57. The number of aliphatic hydroxyl groups is 1. The molecule has 0 aliphatic carbocycles. The number of anilines is 2. The van der Waals surface area contributed by atoms with Gasteiger partial charge in [0.05, 0.1) is 12.6 Å². The zero-order valence-electron chi connectivity index (χ0n) is 13.0. The van der Waals surface area contributed by atoms with Crippen LogP contribution in [0.1, 0.15) is 31.9 Å². The van der Waals surface area contributed by atoms with Crippen LogP contribution < -0.4 is 10.2 Å². The maximum absolute atomic E-state index is 9.50. The highest BCUT2D eigenvalue weighted by Crippen LogP contribution is 2.20. The summed E-state index contributed by atoms with van der Waals surface area (Å²) in [4.78, 5) is 11.5. The molecule has 2 heterocycles. The first-order valence-electron chi connectivity index (χ1n) is 7.76. The number of aromatic nitrogens is 2. The maximum atomic E-state index is 9.50. The minimum Gasteiger partial charge on any atom is -0.394 e. The lowest BCUT2D eigenvalue weighted by Crippen LogP contribution is -2.26. The third kappa shape index (κ3) is 4.74. The number of hydrogen-bond acceptors (Lipinski definition) is 6. The summed E-state index contributed by atoms with van der Waals surface area (Å²) in [6, 6.07) is 2.06. The van der Waals surface area contributed by atoms with E-state index in [9.17, 15) is 5.11 Å². The zero-order valence-corrected chi connectivity index (χ0v) is 13.8. The van der Waals surface area contributed by atoms with Crippen molar-refractivity contribution in [3.05, 3.63) is 11.8 Å². The lowest BCUT2D eigenvalue weighted by Gasteiger charge is -2.20. The molecule has 1 aliphatic heterocycles. The molecule has 1 atom stereocenters. The number of rotatable bonds is 8. The molecule has 0 spiro atoms. The van der Waals surface area contributed by atoms with Gasteiger partial charge in [0.1, 0.15) is 5.82 Å². The van der Waals surface area contributed by atoms with E-state index in [-0.39, 0.29) is 12.6 Å². The Hall–Kier alpha value is -1.01. The standard InChI is InChI=1S/C15H26N4OS/c1-3-12-10-14(16-13(11-20)6-9-21-2)18-15(17-12)19-7-4-5-8-19/h10,13,20H,3-9,11H2,1-2H3,(H,16,17,18)/t13-/m0/s1. The summed E-state index contributed by atoms with van der Waals surface area (Å²) in [6.45, 7) is 4.33. The number of thioether (sulfide) groups is 1. The molecule has 0 amide bonds. The van der Waals surface area contributed by atoms with Crippen LogP contribution in [0.2, 0.25) is 0 Å². The molecule has 5 nitrogen and oxygen atoms in total. The van der Waals surface area contributed by atoms with E-state index in [1.807, 2.05) is 6.07 Å². The molecule has 118 valence electrons. The highest BCUT2D eigenvalue weighted by atomic mass is 32.2. The van der Waals surface area contributed by atoms with Gasteiger partial charge in [0.15, 0.2) is 0 Å². The van der Waals surface area contributed by atoms with Crippen LogP contribution in [0.15, 0.2) is 6.07 Å². The van der Waals surface area contributed by atoms with Crippen molar-refractivity contribution >= 4 is 23.5 Å². The SMILES string of the molecule is CCc1cc(N[C@H](CO)CCSC)nc(N2CCCC2)n1. The Morgan fingerprint density at radius 3 is 2.76 bits per heavy atom. The fourth-order valence-electron chi connectivity index (χ4n) is 2.48. The zero-order chi connectivity index (χ0) is 15.1. The molecule has 21 heavy (non-hydrogen) atoms. The van der Waals surface area contributed by atoms with Gasteiger partial charge >= 0.3 is 0 Å². The summed E-state index contributed by atoms with van der Waals surface area (Å²) >= 11 is 1.80. The monoisotopic (exact) mass is 310 g/mol. The topological polar surface area (TPSA) is 61.3 Å². The number of hydrogen-bond donors (Lipinski definition) is 2. The summed E-state index contributed by atoms with van der Waals surface area (Å²) in [7, 11) is 0. The second-order valence-electron chi connectivity index (χ2n) is 5.40. The molecule has 1 saturated heterocycles. The quantitative estimate of drug-likeness (QED) is 0.767. The van der Waals surface area contributed by atoms with Gasteiger partial charge in [0.25, 0.3) is 0 Å². The number of aliphatic hydroxyl groups excluding tert-OH is 1. The van der Waals surface area contributed by atoms with Crippen LogP contribution >= 0.6 is 11.8 Å². The fourth-order valence-corrected chi connectivity index (χ4v) is 3.00. The molecule has 0 unspecified atom stereocenters. The largest absolute Gasteiger partial charge is 0.394 e. The molecule has 1 fully saturated rings. The maximum Gasteiger partial charge on any atom is 0.227 e. The molecule has 1 aromatic heterocycles. The van der Waals surface area contributed by atoms with Crippen molar-refractivity contribution in [2.45, 2.75) is 38.6 Å². The Morgan fingerprint density at radius 1 is 1.38 bits per heavy atom. The van der Waals surface area contributed by atoms with Crippen molar-refractivity contribution in [1.29, 1.82) is 0 Å². The molecule has 6 heteroatoms. The van der Waals surface area contributed by atoms with E-state index < -0.39 is 0 Å². The van der Waals surface area contributed by atoms with E-state index in [1.54, 1.807) is 11.8 Å². The van der Waals surface area contributed by atoms with Gasteiger partial charge in [-0.15, -0.1) is 0 Å². The van der Waals surface area contributed by atoms with Crippen LogP contribution in [0.3, 0.4) is 0 Å². The van der Waals surface area contributed by atoms with Crippen LogP contribution in [0.25, 0.3) is 0 Å². The van der Waals surface area contributed by atoms with Gasteiger partial charge in [0.2, 0.25) is 5.95 Å². The third-order valence-corrected chi connectivity index (χ3v) is 4.41. The van der Waals surface area contributed by atoms with Crippen molar-refractivity contribution in [1.82, 2.24) is 9.97 Å². The summed E-state index contributed by atoms with van der Waals surface area (Å²) in [6.07, 6.45) is 6.35. The number of nitrogens with one attached hydrogen (secondary N) is 1. The van der Waals surface area contributed by atoms with E-state index >= 15 is 0 Å². The average molecular weight is 310 g/mol. The molecule has 0 radical (unpaired) electrons. The van der Waals surface area contributed by atoms with Crippen LogP contribution in [0.4, 0.5) is 11.8 Å². The summed E-state index contributed by atoms with van der Waals surface area (Å²) in [5.74, 6) is 2.70. The van der Waals surface area contributed by atoms with E-state index in [2.05, 4.69) is 33.4 Å². The summed E-state index contributed by atoms with van der Waals surface area (Å²) in [5, 5.41) is 12.9. The Labute approximate surface area is 131 Å². The predicted molar refractivity (Wildman–Crippen MR) is 90.4 cm³/mol. The average Bonchev–Trinajstić information content (AvgIpc) is 3.05. The van der Waals surface area contributed by atoms with E-state index in [4.69, 9.17) is 0 Å². The highest BCUT2D eigenvalue weighted by molar-refractivity contribution is 7.98. The van der Waals surface area contributed by atoms with Crippen molar-refractivity contribution in [3.63, 3.8) is 0 Å². The van der Waals surface area contributed by atoms with Crippen LogP contribution in [-0.2, 0) is 6.42 Å². The van der Waals surface area contributed by atoms with Gasteiger partial charge in [-0.25, -0.2) is 4.98 Å². The molecule has 0 saturated carbocycles. The van der Waals surface area contributed by atoms with Crippen LogP contribution in [0, 0.1) is 0 Å². The van der Waals surface area contributed by atoms with Gasteiger partial charge < -0.3 is 15.3 Å². The van der Waals surface area contributed by atoms with Gasteiger partial charge in [0, 0.05) is 24.8 Å². The number of nitrogens with zero attached hydrogens (tertiary/aromatic N) is 3. The van der Waals surface area contributed by atoms with E-state index in [1.165, 1.54) is 12.8 Å². The van der Waals surface area contributed by atoms with Gasteiger partial charge in [-0.1, -0.05) is 6.92 Å². The van der Waals surface area contributed by atoms with Crippen LogP contribution in [-0.4, -0.2) is 52.8 Å². The Balaban J connectivity index is 2.11. The molecule has 0 aromatic carbocycles. The summed E-state index contributed by atoms with van der Waals surface area (Å²) < 4.78 is 0. The molecule has 1 aromatic rings. The lowest BCUT2D eigenvalue weighted by atomic mass is 10.2.